The normalized spacial score (nSPS) is 24.2. The Morgan fingerprint density at radius 1 is 1.42 bits per heavy atom. The molecular formula is C16H18BrFN3O3+. The summed E-state index contributed by atoms with van der Waals surface area (Å²) in [6, 6.07) is 4.61. The Morgan fingerprint density at radius 2 is 2.29 bits per heavy atom. The molecule has 0 spiro atoms. The lowest BCUT2D eigenvalue weighted by atomic mass is 9.94. The molecule has 2 atom stereocenters. The van der Waals surface area contributed by atoms with Crippen molar-refractivity contribution in [3.05, 3.63) is 39.1 Å². The second kappa shape index (κ2) is 6.42. The fourth-order valence-corrected chi connectivity index (χ4v) is 3.90. The zero-order valence-electron chi connectivity index (χ0n) is 13.0. The second-order valence-electron chi connectivity index (χ2n) is 6.39. The predicted molar refractivity (Wildman–Crippen MR) is 87.3 cm³/mol. The topological polar surface area (TPSA) is 64.4 Å². The molecule has 2 aliphatic rings. The molecule has 0 unspecified atom stereocenters. The van der Waals surface area contributed by atoms with Crippen LogP contribution in [0.3, 0.4) is 0 Å². The average molecular weight is 399 g/mol. The van der Waals surface area contributed by atoms with Crippen LogP contribution in [0.15, 0.2) is 27.3 Å². The summed E-state index contributed by atoms with van der Waals surface area (Å²) in [5.41, 5.74) is 1.47. The number of likely N-dealkylation sites (tertiary alicyclic amines) is 1. The van der Waals surface area contributed by atoms with Crippen molar-refractivity contribution in [2.24, 2.45) is 5.92 Å². The highest BCUT2D eigenvalue weighted by atomic mass is 79.9. The van der Waals surface area contributed by atoms with Gasteiger partial charge in [0.2, 0.25) is 5.69 Å². The highest BCUT2D eigenvalue weighted by Crippen LogP contribution is 2.30. The SMILES string of the molecule is O=[n+]1o[nH]c(CN2CC[C@@H]3OCC[C@@H]3C2)c1-c1ccc(Br)c(F)c1. The first-order chi connectivity index (χ1) is 11.6. The molecule has 1 aromatic heterocycles. The average Bonchev–Trinajstić information content (AvgIpc) is 3.17. The van der Waals surface area contributed by atoms with Crippen molar-refractivity contribution in [2.45, 2.75) is 25.5 Å². The predicted octanol–water partition coefficient (Wildman–Crippen LogP) is 2.70. The number of fused-ring (bicyclic) bond motifs is 1. The third-order valence-electron chi connectivity index (χ3n) is 4.86. The Balaban J connectivity index is 1.58. The zero-order valence-corrected chi connectivity index (χ0v) is 14.6. The molecule has 2 fully saturated rings. The number of aromatic nitrogens is 2. The van der Waals surface area contributed by atoms with Crippen molar-refractivity contribution in [2.75, 3.05) is 19.7 Å². The van der Waals surface area contributed by atoms with E-state index in [-0.39, 0.29) is 0 Å². The molecule has 128 valence electrons. The van der Waals surface area contributed by atoms with Gasteiger partial charge in [0.05, 0.1) is 17.1 Å². The van der Waals surface area contributed by atoms with Gasteiger partial charge in [0.25, 0.3) is 5.69 Å². The molecule has 0 saturated carbocycles. The quantitative estimate of drug-likeness (QED) is 0.862. The molecule has 2 aliphatic heterocycles. The van der Waals surface area contributed by atoms with Gasteiger partial charge in [-0.05, 0) is 51.9 Å². The standard InChI is InChI=1S/C16H18BrFN3O3/c17-12-2-1-10(7-13(12)18)16-14(19-24-21(16)22)9-20-5-3-15-11(8-20)4-6-23-15/h1-2,7,11,15,19H,3-6,8-9H2/q+1/t11-,15+/m1/s1. The van der Waals surface area contributed by atoms with Gasteiger partial charge in [0.1, 0.15) is 5.82 Å². The lowest BCUT2D eigenvalue weighted by Crippen LogP contribution is -2.40. The molecule has 0 amide bonds. The third-order valence-corrected chi connectivity index (χ3v) is 5.51. The first-order valence-corrected chi connectivity index (χ1v) is 8.84. The Hall–Kier alpha value is -1.51. The monoisotopic (exact) mass is 398 g/mol. The number of nitrogens with one attached hydrogen (secondary N) is 1. The second-order valence-corrected chi connectivity index (χ2v) is 7.24. The number of benzene rings is 1. The molecule has 2 saturated heterocycles. The number of hydrogen-bond acceptors (Lipinski definition) is 4. The van der Waals surface area contributed by atoms with Gasteiger partial charge in [-0.1, -0.05) is 9.79 Å². The Kier molecular flexibility index (Phi) is 4.28. The van der Waals surface area contributed by atoms with Gasteiger partial charge in [-0.25, -0.2) is 4.39 Å². The number of aromatic amines is 1. The molecular weight excluding hydrogens is 381 g/mol. The van der Waals surface area contributed by atoms with Gasteiger partial charge in [0, 0.05) is 31.2 Å². The van der Waals surface area contributed by atoms with Crippen LogP contribution < -0.4 is 4.60 Å². The highest BCUT2D eigenvalue weighted by molar-refractivity contribution is 9.10. The maximum Gasteiger partial charge on any atom is 0.276 e. The number of rotatable bonds is 3. The summed E-state index contributed by atoms with van der Waals surface area (Å²) < 4.78 is 25.2. The zero-order chi connectivity index (χ0) is 16.7. The first kappa shape index (κ1) is 16.0. The lowest BCUT2D eigenvalue weighted by molar-refractivity contribution is -0.704. The molecule has 0 bridgehead atoms. The molecule has 8 heteroatoms. The summed E-state index contributed by atoms with van der Waals surface area (Å²) >= 11 is 3.12. The van der Waals surface area contributed by atoms with E-state index in [9.17, 15) is 9.30 Å². The van der Waals surface area contributed by atoms with E-state index in [1.165, 1.54) is 6.07 Å². The summed E-state index contributed by atoms with van der Waals surface area (Å²) in [5.74, 6) is 0.141. The van der Waals surface area contributed by atoms with Gasteiger partial charge >= 0.3 is 0 Å². The minimum absolute atomic E-state index is 0.325. The Bertz CT molecular complexity index is 806. The van der Waals surface area contributed by atoms with Crippen LogP contribution in [0, 0.1) is 16.6 Å². The first-order valence-electron chi connectivity index (χ1n) is 8.04. The number of halogens is 2. The molecule has 1 aromatic carbocycles. The molecule has 4 rings (SSSR count). The van der Waals surface area contributed by atoms with Crippen LogP contribution in [0.5, 0.6) is 0 Å². The Labute approximate surface area is 146 Å². The molecule has 0 aliphatic carbocycles. The van der Waals surface area contributed by atoms with Gasteiger partial charge < -0.3 is 4.74 Å². The largest absolute Gasteiger partial charge is 0.378 e. The number of nitrogens with zero attached hydrogens (tertiary/aromatic N) is 2. The van der Waals surface area contributed by atoms with Crippen LogP contribution in [0.1, 0.15) is 18.5 Å². The summed E-state index contributed by atoms with van der Waals surface area (Å²) in [6.07, 6.45) is 2.46. The minimum atomic E-state index is -0.413. The van der Waals surface area contributed by atoms with E-state index < -0.39 is 5.82 Å². The van der Waals surface area contributed by atoms with Crippen molar-refractivity contribution in [1.29, 1.82) is 0 Å². The minimum Gasteiger partial charge on any atom is -0.378 e. The van der Waals surface area contributed by atoms with Crippen molar-refractivity contribution in [1.82, 2.24) is 10.1 Å². The van der Waals surface area contributed by atoms with Gasteiger partial charge in [-0.15, -0.1) is 0 Å². The fourth-order valence-electron chi connectivity index (χ4n) is 3.65. The van der Waals surface area contributed by atoms with E-state index >= 15 is 0 Å². The number of H-pyrrole nitrogens is 1. The van der Waals surface area contributed by atoms with Gasteiger partial charge in [0.15, 0.2) is 4.60 Å². The van der Waals surface area contributed by atoms with Gasteiger partial charge in [-0.3, -0.25) is 4.90 Å². The van der Waals surface area contributed by atoms with E-state index in [0.29, 0.717) is 44.6 Å². The van der Waals surface area contributed by atoms with Crippen LogP contribution in [0.25, 0.3) is 11.3 Å². The van der Waals surface area contributed by atoms with Crippen molar-refractivity contribution >= 4 is 15.9 Å². The van der Waals surface area contributed by atoms with E-state index in [1.54, 1.807) is 12.1 Å². The van der Waals surface area contributed by atoms with Crippen LogP contribution in [-0.2, 0) is 11.3 Å². The molecule has 3 heterocycles. The van der Waals surface area contributed by atoms with E-state index in [2.05, 4.69) is 26.0 Å². The molecule has 2 aromatic rings. The van der Waals surface area contributed by atoms with Gasteiger partial charge in [-0.2, -0.15) is 0 Å². The van der Waals surface area contributed by atoms with Crippen LogP contribution in [0.4, 0.5) is 4.39 Å². The smallest absolute Gasteiger partial charge is 0.276 e. The fraction of sp³-hybridized carbons (Fsp3) is 0.500. The maximum atomic E-state index is 13.8. The summed E-state index contributed by atoms with van der Waals surface area (Å²) in [4.78, 5) is 14.3. The third kappa shape index (κ3) is 2.94. The number of piperidine rings is 1. The molecule has 24 heavy (non-hydrogen) atoms. The van der Waals surface area contributed by atoms with Crippen molar-refractivity contribution in [3.8, 4) is 11.3 Å². The van der Waals surface area contributed by atoms with E-state index in [0.717, 1.165) is 32.5 Å². The number of hydrogen-bond donors (Lipinski definition) is 1. The molecule has 0 radical (unpaired) electrons. The van der Waals surface area contributed by atoms with Crippen molar-refractivity contribution in [3.63, 3.8) is 0 Å². The molecule has 1 N–H and O–H groups in total. The summed E-state index contributed by atoms with van der Waals surface area (Å²) in [6.45, 7) is 3.25. The lowest BCUT2D eigenvalue weighted by Gasteiger charge is -2.33. The number of ether oxygens (including phenoxy) is 1. The van der Waals surface area contributed by atoms with Crippen LogP contribution >= 0.6 is 15.9 Å². The highest BCUT2D eigenvalue weighted by Gasteiger charge is 2.35. The maximum absolute atomic E-state index is 13.8. The summed E-state index contributed by atoms with van der Waals surface area (Å²) in [5, 5.41) is 2.68. The van der Waals surface area contributed by atoms with E-state index in [4.69, 9.17) is 9.37 Å². The Morgan fingerprint density at radius 3 is 3.12 bits per heavy atom. The van der Waals surface area contributed by atoms with Crippen molar-refractivity contribution < 1.29 is 18.4 Å². The summed E-state index contributed by atoms with van der Waals surface area (Å²) in [7, 11) is 0. The van der Waals surface area contributed by atoms with E-state index in [1.807, 2.05) is 0 Å². The molecule has 6 nitrogen and oxygen atoms in total. The van der Waals surface area contributed by atoms with Crippen LogP contribution in [-0.4, -0.2) is 35.9 Å². The van der Waals surface area contributed by atoms with Crippen LogP contribution in [0.2, 0.25) is 0 Å².